The summed E-state index contributed by atoms with van der Waals surface area (Å²) in [4.78, 5) is 9.23. The fourth-order valence-electron chi connectivity index (χ4n) is 3.69. The minimum atomic E-state index is -0.400. The van der Waals surface area contributed by atoms with Crippen molar-refractivity contribution in [1.82, 2.24) is 15.1 Å². The first kappa shape index (κ1) is 26.7. The lowest BCUT2D eigenvalue weighted by molar-refractivity contribution is 0.172. The van der Waals surface area contributed by atoms with Crippen molar-refractivity contribution >= 4 is 29.9 Å². The first-order chi connectivity index (χ1) is 15.6. The first-order valence-electron chi connectivity index (χ1n) is 10.7. The summed E-state index contributed by atoms with van der Waals surface area (Å²) in [5, 5.41) is 12.2. The van der Waals surface area contributed by atoms with Crippen LogP contribution in [0, 0.1) is 17.1 Å². The van der Waals surface area contributed by atoms with E-state index in [4.69, 9.17) is 14.7 Å². The number of guanidine groups is 1. The van der Waals surface area contributed by atoms with Gasteiger partial charge >= 0.3 is 0 Å². The van der Waals surface area contributed by atoms with E-state index in [0.29, 0.717) is 11.1 Å². The molecule has 9 heteroatoms. The van der Waals surface area contributed by atoms with Crippen LogP contribution in [0.2, 0.25) is 0 Å². The first-order valence-corrected chi connectivity index (χ1v) is 10.7. The lowest BCUT2D eigenvalue weighted by Crippen LogP contribution is -2.52. The number of rotatable bonds is 7. The Kier molecular flexibility index (Phi) is 10.7. The molecule has 0 bridgehead atoms. The predicted octanol–water partition coefficient (Wildman–Crippen LogP) is 3.62. The molecule has 0 unspecified atom stereocenters. The van der Waals surface area contributed by atoms with Gasteiger partial charge in [-0.3, -0.25) is 4.90 Å². The van der Waals surface area contributed by atoms with E-state index in [-0.39, 0.29) is 30.5 Å². The molecule has 33 heavy (non-hydrogen) atoms. The smallest absolute Gasteiger partial charge is 0.194 e. The van der Waals surface area contributed by atoms with Gasteiger partial charge in [-0.1, -0.05) is 12.1 Å². The van der Waals surface area contributed by atoms with Crippen molar-refractivity contribution in [3.05, 3.63) is 58.9 Å². The van der Waals surface area contributed by atoms with Crippen LogP contribution in [-0.2, 0) is 13.1 Å². The minimum Gasteiger partial charge on any atom is -0.493 e. The summed E-state index contributed by atoms with van der Waals surface area (Å²) in [5.74, 6) is 1.84. The minimum absolute atomic E-state index is 0. The molecule has 1 aliphatic heterocycles. The van der Waals surface area contributed by atoms with Gasteiger partial charge in [-0.15, -0.1) is 24.0 Å². The molecule has 0 amide bonds. The van der Waals surface area contributed by atoms with Crippen LogP contribution in [0.5, 0.6) is 11.5 Å². The number of halogens is 2. The standard InChI is InChI=1S/C24H30FN5O2.HI/c1-4-27-24(28-16-20-7-5-18(15-26)13-21(20)25)30-11-9-29(10-12-30)17-19-6-8-22(31-2)23(14-19)32-3;/h5-8,13-14H,4,9-12,16-17H2,1-3H3,(H,27,28);1H. The highest BCUT2D eigenvalue weighted by Gasteiger charge is 2.20. The van der Waals surface area contributed by atoms with E-state index < -0.39 is 5.82 Å². The van der Waals surface area contributed by atoms with Gasteiger partial charge in [0.1, 0.15) is 5.82 Å². The van der Waals surface area contributed by atoms with Gasteiger partial charge in [0.05, 0.1) is 32.4 Å². The molecular formula is C24H31FIN5O2. The topological polar surface area (TPSA) is 73.1 Å². The number of aliphatic imine (C=N–C) groups is 1. The molecule has 1 aliphatic rings. The van der Waals surface area contributed by atoms with Gasteiger partial charge in [-0.05, 0) is 36.8 Å². The summed E-state index contributed by atoms with van der Waals surface area (Å²) in [6.07, 6.45) is 0. The van der Waals surface area contributed by atoms with Gasteiger partial charge in [0.15, 0.2) is 17.5 Å². The molecule has 0 aromatic heterocycles. The maximum absolute atomic E-state index is 14.2. The molecule has 1 fully saturated rings. The van der Waals surface area contributed by atoms with Crippen LogP contribution in [0.1, 0.15) is 23.6 Å². The van der Waals surface area contributed by atoms with Crippen LogP contribution in [-0.4, -0.2) is 62.7 Å². The SMILES string of the molecule is CCNC(=NCc1ccc(C#N)cc1F)N1CCN(Cc2ccc(OC)c(OC)c2)CC1.I. The number of nitriles is 1. The fraction of sp³-hybridized carbons (Fsp3) is 0.417. The third-order valence-corrected chi connectivity index (χ3v) is 5.44. The second kappa shape index (κ2) is 13.2. The van der Waals surface area contributed by atoms with Crippen LogP contribution >= 0.6 is 24.0 Å². The number of hydrogen-bond acceptors (Lipinski definition) is 5. The van der Waals surface area contributed by atoms with Crippen molar-refractivity contribution in [3.8, 4) is 17.6 Å². The van der Waals surface area contributed by atoms with Crippen molar-refractivity contribution < 1.29 is 13.9 Å². The van der Waals surface area contributed by atoms with Crippen LogP contribution < -0.4 is 14.8 Å². The predicted molar refractivity (Wildman–Crippen MR) is 138 cm³/mol. The maximum atomic E-state index is 14.2. The molecule has 0 radical (unpaired) electrons. The van der Waals surface area contributed by atoms with Gasteiger partial charge in [0.2, 0.25) is 0 Å². The van der Waals surface area contributed by atoms with E-state index in [9.17, 15) is 4.39 Å². The van der Waals surface area contributed by atoms with E-state index in [1.165, 1.54) is 11.6 Å². The highest BCUT2D eigenvalue weighted by Crippen LogP contribution is 2.28. The van der Waals surface area contributed by atoms with E-state index in [1.807, 2.05) is 25.1 Å². The average Bonchev–Trinajstić information content (AvgIpc) is 2.82. The van der Waals surface area contributed by atoms with Gasteiger partial charge in [-0.2, -0.15) is 5.26 Å². The summed E-state index contributed by atoms with van der Waals surface area (Å²) >= 11 is 0. The third-order valence-electron chi connectivity index (χ3n) is 5.44. The van der Waals surface area contributed by atoms with E-state index in [1.54, 1.807) is 26.4 Å². The fourth-order valence-corrected chi connectivity index (χ4v) is 3.69. The van der Waals surface area contributed by atoms with E-state index in [0.717, 1.165) is 56.7 Å². The largest absolute Gasteiger partial charge is 0.493 e. The van der Waals surface area contributed by atoms with E-state index >= 15 is 0 Å². The molecule has 7 nitrogen and oxygen atoms in total. The zero-order valence-electron chi connectivity index (χ0n) is 19.3. The van der Waals surface area contributed by atoms with Gasteiger partial charge in [0.25, 0.3) is 0 Å². The Hall–Kier alpha value is -2.58. The van der Waals surface area contributed by atoms with Crippen molar-refractivity contribution in [2.75, 3.05) is 46.9 Å². The van der Waals surface area contributed by atoms with Crippen molar-refractivity contribution in [3.63, 3.8) is 0 Å². The number of nitrogens with one attached hydrogen (secondary N) is 1. The molecule has 2 aromatic rings. The Bertz CT molecular complexity index is 987. The maximum Gasteiger partial charge on any atom is 0.194 e. The highest BCUT2D eigenvalue weighted by molar-refractivity contribution is 14.0. The Labute approximate surface area is 212 Å². The molecule has 2 aromatic carbocycles. The number of ether oxygens (including phenoxy) is 2. The number of piperazine rings is 1. The van der Waals surface area contributed by atoms with Gasteiger partial charge in [0, 0.05) is 44.8 Å². The monoisotopic (exact) mass is 567 g/mol. The summed E-state index contributed by atoms with van der Waals surface area (Å²) in [6, 6.07) is 12.5. The Morgan fingerprint density at radius 3 is 2.42 bits per heavy atom. The molecule has 1 saturated heterocycles. The Morgan fingerprint density at radius 1 is 1.09 bits per heavy atom. The quantitative estimate of drug-likeness (QED) is 0.313. The summed E-state index contributed by atoms with van der Waals surface area (Å²) < 4.78 is 24.9. The van der Waals surface area contributed by atoms with Crippen LogP contribution in [0.3, 0.4) is 0 Å². The summed E-state index contributed by atoms with van der Waals surface area (Å²) in [5.41, 5.74) is 1.96. The molecule has 3 rings (SSSR count). The lowest BCUT2D eigenvalue weighted by atomic mass is 10.1. The van der Waals surface area contributed by atoms with Crippen molar-refractivity contribution in [2.45, 2.75) is 20.0 Å². The van der Waals surface area contributed by atoms with Crippen molar-refractivity contribution in [1.29, 1.82) is 5.26 Å². The third kappa shape index (κ3) is 7.20. The molecule has 1 heterocycles. The zero-order chi connectivity index (χ0) is 22.9. The second-order valence-electron chi connectivity index (χ2n) is 7.54. The number of benzene rings is 2. The van der Waals surface area contributed by atoms with Crippen LogP contribution in [0.25, 0.3) is 0 Å². The molecular weight excluding hydrogens is 536 g/mol. The average molecular weight is 567 g/mol. The number of nitrogens with zero attached hydrogens (tertiary/aromatic N) is 4. The van der Waals surface area contributed by atoms with E-state index in [2.05, 4.69) is 26.2 Å². The molecule has 0 atom stereocenters. The molecule has 0 aliphatic carbocycles. The zero-order valence-corrected chi connectivity index (χ0v) is 21.6. The lowest BCUT2D eigenvalue weighted by Gasteiger charge is -2.36. The Morgan fingerprint density at radius 2 is 1.82 bits per heavy atom. The van der Waals surface area contributed by atoms with Gasteiger partial charge in [-0.25, -0.2) is 9.38 Å². The molecule has 0 saturated carbocycles. The van der Waals surface area contributed by atoms with Crippen LogP contribution in [0.4, 0.5) is 4.39 Å². The normalized spacial score (nSPS) is 14.3. The Balaban J connectivity index is 0.00000385. The summed E-state index contributed by atoms with van der Waals surface area (Å²) in [6.45, 7) is 7.26. The van der Waals surface area contributed by atoms with Crippen LogP contribution in [0.15, 0.2) is 41.4 Å². The van der Waals surface area contributed by atoms with Gasteiger partial charge < -0.3 is 19.7 Å². The summed E-state index contributed by atoms with van der Waals surface area (Å²) in [7, 11) is 3.28. The molecule has 0 spiro atoms. The number of hydrogen-bond donors (Lipinski definition) is 1. The molecule has 1 N–H and O–H groups in total. The second-order valence-corrected chi connectivity index (χ2v) is 7.54. The highest BCUT2D eigenvalue weighted by atomic mass is 127. The molecule has 178 valence electrons. The number of methoxy groups -OCH3 is 2. The van der Waals surface area contributed by atoms with Crippen molar-refractivity contribution in [2.24, 2.45) is 4.99 Å².